The third kappa shape index (κ3) is 5.00. The summed E-state index contributed by atoms with van der Waals surface area (Å²) < 4.78 is 15.9. The lowest BCUT2D eigenvalue weighted by Gasteiger charge is -2.34. The highest BCUT2D eigenvalue weighted by molar-refractivity contribution is 5.65. The Labute approximate surface area is 120 Å². The molecule has 2 unspecified atom stereocenters. The molecule has 4 heteroatoms. The van der Waals surface area contributed by atoms with E-state index in [0.717, 1.165) is 25.0 Å². The van der Waals surface area contributed by atoms with Crippen molar-refractivity contribution in [3.63, 3.8) is 0 Å². The molecular weight excluding hydrogens is 256 g/mol. The molecule has 0 N–H and O–H groups in total. The highest BCUT2D eigenvalue weighted by Crippen LogP contribution is 2.40. The van der Waals surface area contributed by atoms with Crippen LogP contribution in [0.4, 0.5) is 0 Å². The third-order valence-corrected chi connectivity index (χ3v) is 3.72. The number of fused-ring (bicyclic) bond motifs is 2. The fraction of sp³-hybridized carbons (Fsp3) is 0.688. The number of allylic oxidation sites excluding steroid dienone is 3. The van der Waals surface area contributed by atoms with Crippen LogP contribution in [-0.2, 0) is 19.0 Å². The van der Waals surface area contributed by atoms with E-state index in [2.05, 4.69) is 12.7 Å². The number of carbonyl (C=O) groups is 1. The van der Waals surface area contributed by atoms with E-state index in [1.807, 2.05) is 0 Å². The van der Waals surface area contributed by atoms with Crippen LogP contribution in [0.25, 0.3) is 0 Å². The number of ether oxygens (including phenoxy) is 3. The molecule has 0 heterocycles. The van der Waals surface area contributed by atoms with Crippen molar-refractivity contribution in [1.29, 1.82) is 0 Å². The largest absolute Gasteiger partial charge is 0.496 e. The number of hydrogen-bond acceptors (Lipinski definition) is 4. The highest BCUT2D eigenvalue weighted by atomic mass is 16.6. The Balaban J connectivity index is 1.58. The summed E-state index contributed by atoms with van der Waals surface area (Å²) in [6.45, 7) is 7.33. The van der Waals surface area contributed by atoms with Gasteiger partial charge in [0.05, 0.1) is 19.0 Å². The van der Waals surface area contributed by atoms with E-state index in [0.29, 0.717) is 38.3 Å². The monoisotopic (exact) mass is 280 g/mol. The summed E-state index contributed by atoms with van der Waals surface area (Å²) in [5.41, 5.74) is 1.38. The second kappa shape index (κ2) is 7.48. The predicted octanol–water partition coefficient (Wildman–Crippen LogP) is 2.84. The SMILES string of the molecule is C=C1CC2C=C(OCCOCCOC(C)=O)CC(C1)C2. The smallest absolute Gasteiger partial charge is 0.302 e. The third-order valence-electron chi connectivity index (χ3n) is 3.72. The lowest BCUT2D eigenvalue weighted by Crippen LogP contribution is -2.22. The standard InChI is InChI=1S/C16H24O4/c1-12-7-14-9-15(8-12)11-16(10-14)20-6-4-18-3-5-19-13(2)17/h10,14-15H,1,3-9,11H2,2H3. The maximum absolute atomic E-state index is 10.5. The van der Waals surface area contributed by atoms with Gasteiger partial charge in [-0.25, -0.2) is 0 Å². The molecular formula is C16H24O4. The average Bonchev–Trinajstić information content (AvgIpc) is 2.35. The van der Waals surface area contributed by atoms with Gasteiger partial charge in [-0.15, -0.1) is 0 Å². The zero-order valence-electron chi connectivity index (χ0n) is 12.2. The first-order valence-electron chi connectivity index (χ1n) is 7.34. The van der Waals surface area contributed by atoms with Crippen LogP contribution in [-0.4, -0.2) is 32.4 Å². The zero-order valence-corrected chi connectivity index (χ0v) is 12.2. The Morgan fingerprint density at radius 3 is 2.80 bits per heavy atom. The molecule has 4 nitrogen and oxygen atoms in total. The van der Waals surface area contributed by atoms with Crippen LogP contribution >= 0.6 is 0 Å². The van der Waals surface area contributed by atoms with E-state index in [4.69, 9.17) is 14.2 Å². The van der Waals surface area contributed by atoms with Crippen molar-refractivity contribution in [2.75, 3.05) is 26.4 Å². The van der Waals surface area contributed by atoms with E-state index in [9.17, 15) is 4.79 Å². The second-order valence-electron chi connectivity index (χ2n) is 5.66. The minimum absolute atomic E-state index is 0.273. The van der Waals surface area contributed by atoms with Crippen molar-refractivity contribution in [3.05, 3.63) is 24.0 Å². The normalized spacial score (nSPS) is 25.1. The van der Waals surface area contributed by atoms with Crippen LogP contribution in [0.1, 0.15) is 32.6 Å². The Hall–Kier alpha value is -1.29. The maximum Gasteiger partial charge on any atom is 0.302 e. The Bertz CT molecular complexity index is 386. The van der Waals surface area contributed by atoms with E-state index >= 15 is 0 Å². The van der Waals surface area contributed by atoms with Crippen LogP contribution < -0.4 is 0 Å². The Kier molecular flexibility index (Phi) is 5.65. The van der Waals surface area contributed by atoms with Gasteiger partial charge in [-0.2, -0.15) is 0 Å². The van der Waals surface area contributed by atoms with Gasteiger partial charge in [0, 0.05) is 13.3 Å². The molecule has 112 valence electrons. The van der Waals surface area contributed by atoms with Gasteiger partial charge in [-0.3, -0.25) is 4.79 Å². The maximum atomic E-state index is 10.5. The molecule has 0 saturated heterocycles. The first kappa shape index (κ1) is 15.1. The molecule has 1 fully saturated rings. The second-order valence-corrected chi connectivity index (χ2v) is 5.66. The molecule has 0 amide bonds. The quantitative estimate of drug-likeness (QED) is 0.409. The molecule has 2 bridgehead atoms. The Morgan fingerprint density at radius 1 is 1.25 bits per heavy atom. The van der Waals surface area contributed by atoms with Gasteiger partial charge in [-0.1, -0.05) is 12.2 Å². The van der Waals surface area contributed by atoms with Gasteiger partial charge in [0.1, 0.15) is 13.2 Å². The molecule has 2 rings (SSSR count). The van der Waals surface area contributed by atoms with Crippen molar-refractivity contribution < 1.29 is 19.0 Å². The lowest BCUT2D eigenvalue weighted by atomic mass is 9.73. The van der Waals surface area contributed by atoms with Crippen molar-refractivity contribution >= 4 is 5.97 Å². The fourth-order valence-electron chi connectivity index (χ4n) is 3.04. The number of carbonyl (C=O) groups excluding carboxylic acids is 1. The predicted molar refractivity (Wildman–Crippen MR) is 76.1 cm³/mol. The Morgan fingerprint density at radius 2 is 2.05 bits per heavy atom. The van der Waals surface area contributed by atoms with Gasteiger partial charge in [0.15, 0.2) is 0 Å². The van der Waals surface area contributed by atoms with Crippen molar-refractivity contribution in [3.8, 4) is 0 Å². The van der Waals surface area contributed by atoms with Gasteiger partial charge in [0.25, 0.3) is 0 Å². The molecule has 0 aromatic carbocycles. The zero-order chi connectivity index (χ0) is 14.4. The van der Waals surface area contributed by atoms with Crippen LogP contribution in [0.3, 0.4) is 0 Å². The lowest BCUT2D eigenvalue weighted by molar-refractivity contribution is -0.142. The van der Waals surface area contributed by atoms with Crippen molar-refractivity contribution in [2.24, 2.45) is 11.8 Å². The summed E-state index contributed by atoms with van der Waals surface area (Å²) in [7, 11) is 0. The first-order valence-corrected chi connectivity index (χ1v) is 7.34. The summed E-state index contributed by atoms with van der Waals surface area (Å²) in [5.74, 6) is 2.17. The highest BCUT2D eigenvalue weighted by Gasteiger charge is 2.28. The first-order chi connectivity index (χ1) is 9.63. The summed E-state index contributed by atoms with van der Waals surface area (Å²) in [6, 6.07) is 0. The van der Waals surface area contributed by atoms with E-state index in [-0.39, 0.29) is 5.97 Å². The fourth-order valence-corrected chi connectivity index (χ4v) is 3.04. The van der Waals surface area contributed by atoms with Crippen LogP contribution in [0, 0.1) is 11.8 Å². The van der Waals surface area contributed by atoms with Crippen LogP contribution in [0.2, 0.25) is 0 Å². The van der Waals surface area contributed by atoms with E-state index in [1.165, 1.54) is 18.9 Å². The molecule has 0 radical (unpaired) electrons. The molecule has 20 heavy (non-hydrogen) atoms. The number of rotatable bonds is 7. The van der Waals surface area contributed by atoms with Crippen molar-refractivity contribution in [2.45, 2.75) is 32.6 Å². The topological polar surface area (TPSA) is 44.8 Å². The molecule has 0 aromatic rings. The molecule has 0 aromatic heterocycles. The summed E-state index contributed by atoms with van der Waals surface area (Å²) in [6.07, 6.45) is 6.84. The van der Waals surface area contributed by atoms with Crippen LogP contribution in [0.5, 0.6) is 0 Å². The number of hydrogen-bond donors (Lipinski definition) is 0. The van der Waals surface area contributed by atoms with Crippen LogP contribution in [0.15, 0.2) is 24.0 Å². The van der Waals surface area contributed by atoms with Gasteiger partial charge >= 0.3 is 5.97 Å². The minimum atomic E-state index is -0.273. The molecule has 2 atom stereocenters. The summed E-state index contributed by atoms with van der Waals surface area (Å²) in [4.78, 5) is 10.5. The van der Waals surface area contributed by atoms with Gasteiger partial charge in [-0.05, 0) is 37.2 Å². The van der Waals surface area contributed by atoms with Gasteiger partial charge in [0.2, 0.25) is 0 Å². The molecule has 2 aliphatic rings. The summed E-state index contributed by atoms with van der Waals surface area (Å²) >= 11 is 0. The van der Waals surface area contributed by atoms with E-state index in [1.54, 1.807) is 0 Å². The molecule has 2 aliphatic carbocycles. The van der Waals surface area contributed by atoms with Crippen molar-refractivity contribution in [1.82, 2.24) is 0 Å². The number of esters is 1. The molecule has 1 saturated carbocycles. The molecule has 0 aliphatic heterocycles. The average molecular weight is 280 g/mol. The minimum Gasteiger partial charge on any atom is -0.496 e. The summed E-state index contributed by atoms with van der Waals surface area (Å²) in [5, 5.41) is 0. The van der Waals surface area contributed by atoms with Gasteiger partial charge < -0.3 is 14.2 Å². The molecule has 0 spiro atoms. The van der Waals surface area contributed by atoms with E-state index < -0.39 is 0 Å².